The molecule has 5 aliphatic rings. The minimum atomic E-state index is -0.248. The minimum Gasteiger partial charge on any atom is -0.310 e. The molecule has 0 radical (unpaired) electrons. The zero-order valence-corrected chi connectivity index (χ0v) is 37.2. The molecule has 0 spiro atoms. The lowest BCUT2D eigenvalue weighted by Crippen LogP contribution is -2.33. The predicted molar refractivity (Wildman–Crippen MR) is 261 cm³/mol. The van der Waals surface area contributed by atoms with Gasteiger partial charge in [-0.05, 0) is 139 Å². The van der Waals surface area contributed by atoms with Gasteiger partial charge in [0, 0.05) is 49.5 Å². The van der Waals surface area contributed by atoms with Crippen LogP contribution in [0.3, 0.4) is 0 Å². The Bertz CT molecular complexity index is 3400. The second-order valence-corrected chi connectivity index (χ2v) is 20.9. The Morgan fingerprint density at radius 1 is 0.435 bits per heavy atom. The first-order valence-corrected chi connectivity index (χ1v) is 22.7. The Balaban J connectivity index is 1.13. The molecule has 0 bridgehead atoms. The van der Waals surface area contributed by atoms with Crippen molar-refractivity contribution < 1.29 is 0 Å². The first-order valence-electron chi connectivity index (χ1n) is 22.7. The van der Waals surface area contributed by atoms with Crippen LogP contribution in [0.15, 0.2) is 151 Å². The van der Waals surface area contributed by atoms with Crippen LogP contribution in [0.4, 0.5) is 17.1 Å². The zero-order chi connectivity index (χ0) is 42.2. The van der Waals surface area contributed by atoms with Crippen LogP contribution in [0.2, 0.25) is 0 Å². The monoisotopic (exact) mass is 800 g/mol. The SMILES string of the molecule is CC1(C)C2=C(CCC=C2)c2ccc(N(c3ccc4c(c3)C(C)(C)c3ccccc3-4)c3cc4c5c(c3)c3cc(-c6ccccc6)cc6c3n5-c3c(cccc3C4(C)C)C6(C)C)cc21. The normalized spacial score (nSPS) is 18.3. The molecule has 13 rings (SSSR count). The molecule has 62 heavy (non-hydrogen) atoms. The number of rotatable bonds is 4. The van der Waals surface area contributed by atoms with Crippen molar-refractivity contribution in [2.75, 3.05) is 4.90 Å². The molecule has 0 amide bonds. The topological polar surface area (TPSA) is 8.17 Å². The summed E-state index contributed by atoms with van der Waals surface area (Å²) < 4.78 is 2.66. The first-order chi connectivity index (χ1) is 29.8. The Morgan fingerprint density at radius 3 is 1.73 bits per heavy atom. The van der Waals surface area contributed by atoms with Crippen LogP contribution < -0.4 is 4.90 Å². The van der Waals surface area contributed by atoms with Crippen LogP contribution >= 0.6 is 0 Å². The third-order valence-electron chi connectivity index (χ3n) is 16.2. The second kappa shape index (κ2) is 11.7. The van der Waals surface area contributed by atoms with Crippen molar-refractivity contribution in [3.8, 4) is 27.9 Å². The van der Waals surface area contributed by atoms with Crippen molar-refractivity contribution in [3.63, 3.8) is 0 Å². The van der Waals surface area contributed by atoms with Gasteiger partial charge in [-0.15, -0.1) is 0 Å². The van der Waals surface area contributed by atoms with Crippen molar-refractivity contribution in [2.24, 2.45) is 0 Å². The number of nitrogens with zero attached hydrogens (tertiary/aromatic N) is 2. The van der Waals surface area contributed by atoms with Crippen LogP contribution in [0.5, 0.6) is 0 Å². The number of allylic oxidation sites excluding steroid dienone is 4. The number of fused-ring (bicyclic) bond motifs is 6. The van der Waals surface area contributed by atoms with E-state index in [1.165, 1.54) is 122 Å². The second-order valence-electron chi connectivity index (χ2n) is 20.9. The van der Waals surface area contributed by atoms with Gasteiger partial charge in [0.25, 0.3) is 0 Å². The maximum absolute atomic E-state index is 2.66. The fourth-order valence-corrected chi connectivity index (χ4v) is 12.8. The summed E-state index contributed by atoms with van der Waals surface area (Å²) in [6.07, 6.45) is 6.99. The molecule has 302 valence electrons. The van der Waals surface area contributed by atoms with Crippen LogP contribution in [0, 0.1) is 0 Å². The van der Waals surface area contributed by atoms with E-state index in [0.717, 1.165) is 12.8 Å². The predicted octanol–water partition coefficient (Wildman–Crippen LogP) is 15.9. The molecule has 2 nitrogen and oxygen atoms in total. The van der Waals surface area contributed by atoms with Crippen molar-refractivity contribution in [3.05, 3.63) is 196 Å². The van der Waals surface area contributed by atoms with Crippen LogP contribution in [0.1, 0.15) is 113 Å². The Hall–Kier alpha value is -6.38. The quantitative estimate of drug-likeness (QED) is 0.172. The summed E-state index contributed by atoms with van der Waals surface area (Å²) in [7, 11) is 0. The molecule has 2 aliphatic heterocycles. The van der Waals surface area contributed by atoms with E-state index in [-0.39, 0.29) is 21.7 Å². The molecule has 3 heterocycles. The highest BCUT2D eigenvalue weighted by atomic mass is 15.1. The van der Waals surface area contributed by atoms with Crippen LogP contribution in [-0.4, -0.2) is 4.57 Å². The van der Waals surface area contributed by atoms with E-state index >= 15 is 0 Å². The standard InChI is InChI=1S/C60H52N2/c1-57(2)46-21-14-12-19-40(46)42-27-25-37(32-50(42)57)61(38-26-28-43-41-20-13-15-22-47(41)58(3,4)51(43)33-38)39-31-45-44-29-36(35-17-10-9-11-18-35)30-52-54(44)62-55(45)53(34-39)60(7,8)49-24-16-23-48(56(49)62)59(52,5)6/h9-12,14-19,21-34H,13,20H2,1-8H3. The van der Waals surface area contributed by atoms with E-state index in [0.29, 0.717) is 0 Å². The van der Waals surface area contributed by atoms with Gasteiger partial charge in [-0.3, -0.25) is 0 Å². The zero-order valence-electron chi connectivity index (χ0n) is 37.2. The summed E-state index contributed by atoms with van der Waals surface area (Å²) in [6, 6.07) is 51.8. The molecule has 7 aromatic carbocycles. The van der Waals surface area contributed by atoms with Crippen molar-refractivity contribution in [1.29, 1.82) is 0 Å². The Kier molecular flexibility index (Phi) is 6.88. The highest BCUT2D eigenvalue weighted by Gasteiger charge is 2.45. The van der Waals surface area contributed by atoms with Crippen LogP contribution in [0.25, 0.3) is 55.3 Å². The number of hydrogen-bond acceptors (Lipinski definition) is 1. The maximum Gasteiger partial charge on any atom is 0.0583 e. The lowest BCUT2D eigenvalue weighted by molar-refractivity contribution is 0.594. The lowest BCUT2D eigenvalue weighted by Gasteiger charge is -2.42. The third kappa shape index (κ3) is 4.40. The van der Waals surface area contributed by atoms with E-state index in [9.17, 15) is 0 Å². The van der Waals surface area contributed by atoms with Gasteiger partial charge in [0.05, 0.1) is 16.7 Å². The number of benzene rings is 7. The molecule has 0 saturated heterocycles. The number of hydrogen-bond donors (Lipinski definition) is 0. The van der Waals surface area contributed by atoms with Gasteiger partial charge in [-0.1, -0.05) is 152 Å². The molecule has 0 unspecified atom stereocenters. The third-order valence-corrected chi connectivity index (χ3v) is 16.2. The molecule has 2 heteroatoms. The van der Waals surface area contributed by atoms with Crippen molar-refractivity contribution in [1.82, 2.24) is 4.57 Å². The maximum atomic E-state index is 2.66. The summed E-state index contributed by atoms with van der Waals surface area (Å²) in [6.45, 7) is 19.5. The minimum absolute atomic E-state index is 0.0795. The van der Waals surface area contributed by atoms with Gasteiger partial charge in [0.15, 0.2) is 0 Å². The molecule has 3 aliphatic carbocycles. The van der Waals surface area contributed by atoms with Gasteiger partial charge >= 0.3 is 0 Å². The molecule has 1 aromatic heterocycles. The average Bonchev–Trinajstić information content (AvgIpc) is 3.82. The Labute approximate surface area is 365 Å². The highest BCUT2D eigenvalue weighted by molar-refractivity contribution is 6.16. The van der Waals surface area contributed by atoms with Gasteiger partial charge in [0.2, 0.25) is 0 Å². The van der Waals surface area contributed by atoms with Crippen molar-refractivity contribution in [2.45, 2.75) is 89.9 Å². The van der Waals surface area contributed by atoms with Gasteiger partial charge in [0.1, 0.15) is 0 Å². The fourth-order valence-electron chi connectivity index (χ4n) is 12.8. The number of para-hydroxylation sites is 1. The van der Waals surface area contributed by atoms with E-state index < -0.39 is 0 Å². The summed E-state index contributed by atoms with van der Waals surface area (Å²) in [4.78, 5) is 2.59. The lowest BCUT2D eigenvalue weighted by atomic mass is 9.68. The molecular formula is C60H52N2. The molecule has 8 aromatic rings. The summed E-state index contributed by atoms with van der Waals surface area (Å²) >= 11 is 0. The fraction of sp³-hybridized carbons (Fsp3) is 0.233. The average molecular weight is 801 g/mol. The van der Waals surface area contributed by atoms with E-state index in [2.05, 4.69) is 210 Å². The van der Waals surface area contributed by atoms with Gasteiger partial charge < -0.3 is 9.47 Å². The number of anilines is 3. The van der Waals surface area contributed by atoms with E-state index in [4.69, 9.17) is 0 Å². The summed E-state index contributed by atoms with van der Waals surface area (Å²) in [5, 5.41) is 2.65. The van der Waals surface area contributed by atoms with Gasteiger partial charge in [-0.25, -0.2) is 0 Å². The van der Waals surface area contributed by atoms with Crippen molar-refractivity contribution >= 4 is 44.4 Å². The molecular weight excluding hydrogens is 749 g/mol. The van der Waals surface area contributed by atoms with Crippen LogP contribution in [-0.2, 0) is 21.7 Å². The Morgan fingerprint density at radius 2 is 1.00 bits per heavy atom. The van der Waals surface area contributed by atoms with Gasteiger partial charge in [-0.2, -0.15) is 0 Å². The summed E-state index contributed by atoms with van der Waals surface area (Å²) in [5.41, 5.74) is 26.5. The largest absolute Gasteiger partial charge is 0.310 e. The smallest absolute Gasteiger partial charge is 0.0583 e. The first kappa shape index (κ1) is 36.3. The number of aromatic nitrogens is 1. The van der Waals surface area contributed by atoms with E-state index in [1.807, 2.05) is 0 Å². The molecule has 0 atom stereocenters. The summed E-state index contributed by atoms with van der Waals surface area (Å²) in [5.74, 6) is 0. The molecule has 0 N–H and O–H groups in total. The molecule has 0 saturated carbocycles. The highest BCUT2D eigenvalue weighted by Crippen LogP contribution is 2.59. The molecule has 0 fully saturated rings. The van der Waals surface area contributed by atoms with E-state index in [1.54, 1.807) is 0 Å².